The highest BCUT2D eigenvalue weighted by Crippen LogP contribution is 2.40. The molecule has 3 rings (SSSR count). The molecule has 0 unspecified atom stereocenters. The third kappa shape index (κ3) is 3.52. The van der Waals surface area contributed by atoms with Crippen molar-refractivity contribution in [1.29, 1.82) is 0 Å². The Bertz CT molecular complexity index is 707. The Morgan fingerprint density at radius 2 is 2.05 bits per heavy atom. The van der Waals surface area contributed by atoms with Crippen molar-refractivity contribution in [2.75, 3.05) is 5.32 Å². The van der Waals surface area contributed by atoms with Crippen LogP contribution in [0.5, 0.6) is 0 Å². The standard InChI is InChI=1S/C18H18N2O2/c1-2-3-4-5-17(21)20-15-10-8-13(9-11-15)16-12-19-18(22-16)14-6-7-14/h2-5,8-12,14H,6-7H2,1H3,(H,20,21)/b3-2+,5-4+. The van der Waals surface area contributed by atoms with E-state index in [-0.39, 0.29) is 5.91 Å². The van der Waals surface area contributed by atoms with E-state index in [4.69, 9.17) is 4.42 Å². The monoisotopic (exact) mass is 294 g/mol. The molecule has 1 aromatic carbocycles. The summed E-state index contributed by atoms with van der Waals surface area (Å²) in [4.78, 5) is 16.0. The fourth-order valence-electron chi connectivity index (χ4n) is 2.10. The number of hydrogen-bond donors (Lipinski definition) is 1. The van der Waals surface area contributed by atoms with Crippen molar-refractivity contribution in [3.8, 4) is 11.3 Å². The Labute approximate surface area is 129 Å². The molecule has 2 aromatic rings. The van der Waals surface area contributed by atoms with Crippen LogP contribution >= 0.6 is 0 Å². The molecular weight excluding hydrogens is 276 g/mol. The number of carbonyl (C=O) groups is 1. The Hall–Kier alpha value is -2.62. The van der Waals surface area contributed by atoms with Gasteiger partial charge in [-0.05, 0) is 44.0 Å². The van der Waals surface area contributed by atoms with Crippen LogP contribution in [0.1, 0.15) is 31.6 Å². The maximum absolute atomic E-state index is 11.7. The van der Waals surface area contributed by atoms with E-state index >= 15 is 0 Å². The maximum atomic E-state index is 11.7. The molecular formula is C18H18N2O2. The minimum atomic E-state index is -0.151. The Morgan fingerprint density at radius 1 is 1.27 bits per heavy atom. The van der Waals surface area contributed by atoms with Gasteiger partial charge in [0, 0.05) is 23.2 Å². The number of amides is 1. The van der Waals surface area contributed by atoms with Gasteiger partial charge in [0.15, 0.2) is 11.7 Å². The number of oxazole rings is 1. The summed E-state index contributed by atoms with van der Waals surface area (Å²) in [6, 6.07) is 7.55. The molecule has 4 heteroatoms. The fourth-order valence-corrected chi connectivity index (χ4v) is 2.10. The summed E-state index contributed by atoms with van der Waals surface area (Å²) >= 11 is 0. The van der Waals surface area contributed by atoms with Gasteiger partial charge in [0.1, 0.15) is 0 Å². The van der Waals surface area contributed by atoms with Gasteiger partial charge in [-0.1, -0.05) is 18.2 Å². The predicted molar refractivity (Wildman–Crippen MR) is 86.5 cm³/mol. The minimum absolute atomic E-state index is 0.151. The quantitative estimate of drug-likeness (QED) is 0.661. The summed E-state index contributed by atoms with van der Waals surface area (Å²) in [6.07, 6.45) is 11.0. The van der Waals surface area contributed by atoms with E-state index in [0.717, 1.165) is 22.9 Å². The lowest BCUT2D eigenvalue weighted by Gasteiger charge is -2.03. The molecule has 0 saturated heterocycles. The van der Waals surface area contributed by atoms with Crippen LogP contribution in [0.25, 0.3) is 11.3 Å². The first-order valence-electron chi connectivity index (χ1n) is 7.43. The summed E-state index contributed by atoms with van der Waals surface area (Å²) in [7, 11) is 0. The fraction of sp³-hybridized carbons (Fsp3) is 0.222. The lowest BCUT2D eigenvalue weighted by Crippen LogP contribution is -2.07. The van der Waals surface area contributed by atoms with E-state index in [1.54, 1.807) is 12.3 Å². The van der Waals surface area contributed by atoms with Crippen molar-refractivity contribution in [3.05, 3.63) is 60.7 Å². The number of anilines is 1. The van der Waals surface area contributed by atoms with Crippen molar-refractivity contribution in [2.45, 2.75) is 25.7 Å². The normalized spacial score (nSPS) is 14.8. The van der Waals surface area contributed by atoms with E-state index in [0.29, 0.717) is 5.92 Å². The van der Waals surface area contributed by atoms with Gasteiger partial charge in [-0.3, -0.25) is 4.79 Å². The van der Waals surface area contributed by atoms with Gasteiger partial charge in [0.05, 0.1) is 6.20 Å². The molecule has 1 aliphatic carbocycles. The molecule has 112 valence electrons. The average Bonchev–Trinajstić information content (AvgIpc) is 3.26. The second-order valence-corrected chi connectivity index (χ2v) is 5.29. The van der Waals surface area contributed by atoms with Crippen LogP contribution in [-0.4, -0.2) is 10.9 Å². The number of nitrogens with one attached hydrogen (secondary N) is 1. The molecule has 1 N–H and O–H groups in total. The van der Waals surface area contributed by atoms with Crippen molar-refractivity contribution < 1.29 is 9.21 Å². The highest BCUT2D eigenvalue weighted by molar-refractivity contribution is 5.99. The van der Waals surface area contributed by atoms with Crippen molar-refractivity contribution in [3.63, 3.8) is 0 Å². The predicted octanol–water partition coefficient (Wildman–Crippen LogP) is 4.29. The molecule has 0 atom stereocenters. The van der Waals surface area contributed by atoms with Gasteiger partial charge >= 0.3 is 0 Å². The first-order valence-corrected chi connectivity index (χ1v) is 7.43. The lowest BCUT2D eigenvalue weighted by molar-refractivity contribution is -0.111. The molecule has 0 aliphatic heterocycles. The Balaban J connectivity index is 1.65. The summed E-state index contributed by atoms with van der Waals surface area (Å²) in [5.74, 6) is 1.96. The third-order valence-corrected chi connectivity index (χ3v) is 3.44. The van der Waals surface area contributed by atoms with Crippen LogP contribution in [0.15, 0.2) is 59.2 Å². The average molecular weight is 294 g/mol. The highest BCUT2D eigenvalue weighted by atomic mass is 16.4. The van der Waals surface area contributed by atoms with E-state index < -0.39 is 0 Å². The molecule has 1 aliphatic rings. The van der Waals surface area contributed by atoms with Gasteiger partial charge in [-0.2, -0.15) is 0 Å². The minimum Gasteiger partial charge on any atom is -0.440 e. The molecule has 0 spiro atoms. The zero-order valence-electron chi connectivity index (χ0n) is 12.5. The third-order valence-electron chi connectivity index (χ3n) is 3.44. The molecule has 1 saturated carbocycles. The summed E-state index contributed by atoms with van der Waals surface area (Å²) in [6.45, 7) is 1.90. The summed E-state index contributed by atoms with van der Waals surface area (Å²) in [5.41, 5.74) is 1.71. The molecule has 1 amide bonds. The van der Waals surface area contributed by atoms with Gasteiger partial charge in [0.25, 0.3) is 0 Å². The van der Waals surface area contributed by atoms with Crippen LogP contribution in [0.4, 0.5) is 5.69 Å². The van der Waals surface area contributed by atoms with Gasteiger partial charge < -0.3 is 9.73 Å². The molecule has 1 heterocycles. The van der Waals surface area contributed by atoms with Crippen LogP contribution in [0.2, 0.25) is 0 Å². The molecule has 1 fully saturated rings. The Morgan fingerprint density at radius 3 is 2.73 bits per heavy atom. The van der Waals surface area contributed by atoms with Crippen LogP contribution in [0.3, 0.4) is 0 Å². The number of hydrogen-bond acceptors (Lipinski definition) is 3. The molecule has 4 nitrogen and oxygen atoms in total. The Kier molecular flexibility index (Phi) is 4.19. The second kappa shape index (κ2) is 6.43. The maximum Gasteiger partial charge on any atom is 0.248 e. The SMILES string of the molecule is C/C=C/C=C/C(=O)Nc1ccc(-c2cnc(C3CC3)o2)cc1. The first-order chi connectivity index (χ1) is 10.8. The highest BCUT2D eigenvalue weighted by Gasteiger charge is 2.28. The number of nitrogens with zero attached hydrogens (tertiary/aromatic N) is 1. The van der Waals surface area contributed by atoms with Gasteiger partial charge in [0.2, 0.25) is 5.91 Å². The largest absolute Gasteiger partial charge is 0.440 e. The van der Waals surface area contributed by atoms with Crippen LogP contribution in [0, 0.1) is 0 Å². The van der Waals surface area contributed by atoms with E-state index in [1.165, 1.54) is 18.9 Å². The molecule has 22 heavy (non-hydrogen) atoms. The first kappa shape index (κ1) is 14.3. The molecule has 0 bridgehead atoms. The van der Waals surface area contributed by atoms with Crippen molar-refractivity contribution in [2.24, 2.45) is 0 Å². The van der Waals surface area contributed by atoms with E-state index in [9.17, 15) is 4.79 Å². The summed E-state index contributed by atoms with van der Waals surface area (Å²) < 4.78 is 5.76. The van der Waals surface area contributed by atoms with Crippen LogP contribution < -0.4 is 5.32 Å². The number of allylic oxidation sites excluding steroid dienone is 3. The van der Waals surface area contributed by atoms with E-state index in [1.807, 2.05) is 43.3 Å². The van der Waals surface area contributed by atoms with Crippen molar-refractivity contribution in [1.82, 2.24) is 4.98 Å². The number of benzene rings is 1. The lowest BCUT2D eigenvalue weighted by atomic mass is 10.1. The second-order valence-electron chi connectivity index (χ2n) is 5.29. The summed E-state index contributed by atoms with van der Waals surface area (Å²) in [5, 5.41) is 2.81. The zero-order valence-corrected chi connectivity index (χ0v) is 12.5. The number of aromatic nitrogens is 1. The van der Waals surface area contributed by atoms with E-state index in [2.05, 4.69) is 10.3 Å². The number of carbonyl (C=O) groups excluding carboxylic acids is 1. The topological polar surface area (TPSA) is 55.1 Å². The zero-order chi connectivity index (χ0) is 15.4. The molecule has 1 aromatic heterocycles. The van der Waals surface area contributed by atoms with Gasteiger partial charge in [-0.25, -0.2) is 4.98 Å². The smallest absolute Gasteiger partial charge is 0.248 e. The van der Waals surface area contributed by atoms with Crippen LogP contribution in [-0.2, 0) is 4.79 Å². The van der Waals surface area contributed by atoms with Gasteiger partial charge in [-0.15, -0.1) is 0 Å². The molecule has 0 radical (unpaired) electrons. The number of rotatable bonds is 5. The van der Waals surface area contributed by atoms with Crippen molar-refractivity contribution >= 4 is 11.6 Å².